The highest BCUT2D eigenvalue weighted by atomic mass is 19.1. The molecule has 238 valence electrons. The summed E-state index contributed by atoms with van der Waals surface area (Å²) in [6, 6.07) is 9.61. The lowest BCUT2D eigenvalue weighted by atomic mass is 10.0. The zero-order chi connectivity index (χ0) is 32.2. The van der Waals surface area contributed by atoms with Crippen LogP contribution in [0.2, 0.25) is 0 Å². The lowest BCUT2D eigenvalue weighted by Crippen LogP contribution is -2.59. The van der Waals surface area contributed by atoms with Crippen LogP contribution in [0, 0.1) is 5.82 Å². The number of aromatic nitrogens is 2. The Hall–Kier alpha value is -5.14. The maximum atomic E-state index is 14.6. The minimum atomic E-state index is -0.777. The van der Waals surface area contributed by atoms with E-state index >= 15 is 0 Å². The van der Waals surface area contributed by atoms with Crippen LogP contribution >= 0.6 is 0 Å². The van der Waals surface area contributed by atoms with Crippen LogP contribution in [0.15, 0.2) is 52.1 Å². The molecular weight excluding hydrogens is 589 g/mol. The predicted molar refractivity (Wildman–Crippen MR) is 159 cm³/mol. The number of fused-ring (bicyclic) bond motifs is 5. The standard InChI is InChI=1S/C31H34FN5O8/c1-35-23(14-29(40)36(2)31(35)42)30(41)37-9-8-24-22(16-37)34-28(39)17-44-26-12-18(4-6-25(26)43-3)5-7-27(38)33-15-19-10-20(32)13-21(11-19)45-24/h4,6,10-14,22,24H,5,7-9,15-17H2,1-3H3,(H,33,38)(H,34,39)/t22-,24-/m1/s1. The second-order valence-electron chi connectivity index (χ2n) is 11.0. The largest absolute Gasteiger partial charge is 0.493 e. The van der Waals surface area contributed by atoms with Gasteiger partial charge in [-0.05, 0) is 41.8 Å². The van der Waals surface area contributed by atoms with Gasteiger partial charge in [-0.2, -0.15) is 0 Å². The Labute approximate surface area is 257 Å². The minimum absolute atomic E-state index is 0.0321. The van der Waals surface area contributed by atoms with E-state index in [9.17, 15) is 28.4 Å². The summed E-state index contributed by atoms with van der Waals surface area (Å²) in [6.07, 6.45) is 0.110. The molecule has 45 heavy (non-hydrogen) atoms. The average molecular weight is 624 g/mol. The van der Waals surface area contributed by atoms with Gasteiger partial charge in [0.1, 0.15) is 23.4 Å². The van der Waals surface area contributed by atoms with Gasteiger partial charge in [-0.1, -0.05) is 6.07 Å². The molecule has 0 aliphatic carbocycles. The van der Waals surface area contributed by atoms with Crippen molar-refractivity contribution in [2.45, 2.75) is 38.0 Å². The molecule has 0 unspecified atom stereocenters. The minimum Gasteiger partial charge on any atom is -0.493 e. The van der Waals surface area contributed by atoms with Crippen LogP contribution in [-0.2, 0) is 36.6 Å². The second kappa shape index (κ2) is 13.2. The molecule has 2 aliphatic heterocycles. The van der Waals surface area contributed by atoms with Crippen molar-refractivity contribution in [3.63, 3.8) is 0 Å². The molecular formula is C31H34FN5O8. The summed E-state index contributed by atoms with van der Waals surface area (Å²) in [5.74, 6) is -0.971. The Bertz CT molecular complexity index is 1750. The number of rotatable bonds is 2. The number of methoxy groups -OCH3 is 1. The van der Waals surface area contributed by atoms with Gasteiger partial charge in [-0.25, -0.2) is 9.18 Å². The summed E-state index contributed by atoms with van der Waals surface area (Å²) in [7, 11) is 4.19. The summed E-state index contributed by atoms with van der Waals surface area (Å²) in [4.78, 5) is 65.4. The molecule has 2 atom stereocenters. The van der Waals surface area contributed by atoms with Gasteiger partial charge >= 0.3 is 5.69 Å². The van der Waals surface area contributed by atoms with Gasteiger partial charge in [-0.3, -0.25) is 28.3 Å². The zero-order valence-corrected chi connectivity index (χ0v) is 25.1. The number of piperidine rings is 1. The number of carbonyl (C=O) groups excluding carboxylic acids is 3. The monoisotopic (exact) mass is 623 g/mol. The first-order valence-electron chi connectivity index (χ1n) is 14.4. The molecule has 4 bridgehead atoms. The maximum absolute atomic E-state index is 14.6. The van der Waals surface area contributed by atoms with Crippen molar-refractivity contribution in [3.8, 4) is 17.2 Å². The predicted octanol–water partition coefficient (Wildman–Crippen LogP) is 0.651. The topological polar surface area (TPSA) is 150 Å². The third-order valence-electron chi connectivity index (χ3n) is 7.86. The number of halogens is 1. The van der Waals surface area contributed by atoms with E-state index in [2.05, 4.69) is 10.6 Å². The number of amides is 3. The average Bonchev–Trinajstić information content (AvgIpc) is 3.02. The van der Waals surface area contributed by atoms with Crippen LogP contribution in [0.3, 0.4) is 0 Å². The van der Waals surface area contributed by atoms with Crippen molar-refractivity contribution in [3.05, 3.63) is 85.9 Å². The second-order valence-corrected chi connectivity index (χ2v) is 11.0. The zero-order valence-electron chi connectivity index (χ0n) is 25.1. The first-order valence-corrected chi connectivity index (χ1v) is 14.4. The molecule has 3 heterocycles. The summed E-state index contributed by atoms with van der Waals surface area (Å²) >= 11 is 0. The van der Waals surface area contributed by atoms with Gasteiger partial charge in [0.05, 0.1) is 13.2 Å². The Morgan fingerprint density at radius 3 is 2.56 bits per heavy atom. The van der Waals surface area contributed by atoms with Gasteiger partial charge in [-0.15, -0.1) is 0 Å². The van der Waals surface area contributed by atoms with Crippen LogP contribution < -0.4 is 36.1 Å². The molecule has 3 amide bonds. The molecule has 1 aromatic heterocycles. The van der Waals surface area contributed by atoms with Crippen LogP contribution in [-0.4, -0.2) is 70.7 Å². The molecule has 0 saturated carbocycles. The van der Waals surface area contributed by atoms with Crippen molar-refractivity contribution in [2.75, 3.05) is 26.8 Å². The van der Waals surface area contributed by atoms with E-state index in [4.69, 9.17) is 14.2 Å². The van der Waals surface area contributed by atoms with Crippen LogP contribution in [0.25, 0.3) is 0 Å². The lowest BCUT2D eigenvalue weighted by Gasteiger charge is -2.39. The normalized spacial score (nSPS) is 19.1. The highest BCUT2D eigenvalue weighted by Crippen LogP contribution is 2.29. The van der Waals surface area contributed by atoms with E-state index < -0.39 is 47.6 Å². The third kappa shape index (κ3) is 7.16. The Morgan fingerprint density at radius 2 is 1.78 bits per heavy atom. The highest BCUT2D eigenvalue weighted by Gasteiger charge is 2.35. The quantitative estimate of drug-likeness (QED) is 0.423. The van der Waals surface area contributed by atoms with Crippen molar-refractivity contribution in [1.29, 1.82) is 0 Å². The molecule has 5 rings (SSSR count). The van der Waals surface area contributed by atoms with E-state index in [1.54, 1.807) is 24.3 Å². The Kier molecular flexibility index (Phi) is 9.21. The van der Waals surface area contributed by atoms with E-state index in [0.717, 1.165) is 20.8 Å². The van der Waals surface area contributed by atoms with Gasteiger partial charge in [0.25, 0.3) is 17.4 Å². The van der Waals surface area contributed by atoms with Crippen molar-refractivity contribution in [2.24, 2.45) is 14.1 Å². The van der Waals surface area contributed by atoms with E-state index in [0.29, 0.717) is 23.5 Å². The first kappa shape index (κ1) is 31.3. The van der Waals surface area contributed by atoms with Crippen molar-refractivity contribution >= 4 is 17.7 Å². The molecule has 2 N–H and O–H groups in total. The van der Waals surface area contributed by atoms with Gasteiger partial charge in [0.2, 0.25) is 5.91 Å². The van der Waals surface area contributed by atoms with Gasteiger partial charge in [0, 0.05) is 58.7 Å². The maximum Gasteiger partial charge on any atom is 0.331 e. The van der Waals surface area contributed by atoms with E-state index in [1.165, 1.54) is 38.2 Å². The fourth-order valence-electron chi connectivity index (χ4n) is 5.39. The molecule has 1 saturated heterocycles. The molecule has 2 aliphatic rings. The molecule has 13 nitrogen and oxygen atoms in total. The smallest absolute Gasteiger partial charge is 0.331 e. The molecule has 3 aromatic rings. The number of carbonyl (C=O) groups is 3. The first-order chi connectivity index (χ1) is 21.5. The SMILES string of the molecule is COc1ccc2cc1OCC(=O)N[C@@H]1CN(C(=O)c3cc(=O)n(C)c(=O)n3C)CC[C@H]1Oc1cc(F)cc(c1)CNC(=O)CC2. The number of hydrogen-bond acceptors (Lipinski definition) is 8. The van der Waals surface area contributed by atoms with Crippen LogP contribution in [0.4, 0.5) is 4.39 Å². The molecule has 1 fully saturated rings. The van der Waals surface area contributed by atoms with Crippen molar-refractivity contribution < 1.29 is 33.0 Å². The Morgan fingerprint density at radius 1 is 0.978 bits per heavy atom. The van der Waals surface area contributed by atoms with E-state index in [1.807, 2.05) is 0 Å². The number of nitrogens with zero attached hydrogens (tertiary/aromatic N) is 3. The summed E-state index contributed by atoms with van der Waals surface area (Å²) < 4.78 is 33.9. The van der Waals surface area contributed by atoms with Crippen LogP contribution in [0.5, 0.6) is 17.2 Å². The number of likely N-dealkylation sites (tertiary alicyclic amines) is 1. The molecule has 2 aromatic carbocycles. The summed E-state index contributed by atoms with van der Waals surface area (Å²) in [5.41, 5.74) is -0.0988. The fourth-order valence-corrected chi connectivity index (χ4v) is 5.39. The molecule has 0 radical (unpaired) electrons. The number of hydrogen-bond donors (Lipinski definition) is 2. The van der Waals surface area contributed by atoms with Crippen molar-refractivity contribution in [1.82, 2.24) is 24.7 Å². The van der Waals surface area contributed by atoms with Gasteiger partial charge in [0.15, 0.2) is 18.1 Å². The summed E-state index contributed by atoms with van der Waals surface area (Å²) in [6.45, 7) is -0.190. The Balaban J connectivity index is 1.44. The number of ether oxygens (including phenoxy) is 3. The fraction of sp³-hybridized carbons (Fsp3) is 0.387. The molecule has 14 heteroatoms. The van der Waals surface area contributed by atoms with Gasteiger partial charge < -0.3 is 29.7 Å². The van der Waals surface area contributed by atoms with E-state index in [-0.39, 0.29) is 49.8 Å². The highest BCUT2D eigenvalue weighted by molar-refractivity contribution is 5.92. The number of benzene rings is 2. The third-order valence-corrected chi connectivity index (χ3v) is 7.86. The lowest BCUT2D eigenvalue weighted by molar-refractivity contribution is -0.125. The molecule has 0 spiro atoms. The summed E-state index contributed by atoms with van der Waals surface area (Å²) in [5, 5.41) is 5.67. The van der Waals surface area contributed by atoms with Crippen LogP contribution in [0.1, 0.15) is 34.5 Å². The number of nitrogens with one attached hydrogen (secondary N) is 2. The number of aryl methyl sites for hydroxylation is 1.